The van der Waals surface area contributed by atoms with Crippen LogP contribution in [-0.4, -0.2) is 51.1 Å². The van der Waals surface area contributed by atoms with Gasteiger partial charge in [-0.3, -0.25) is 9.59 Å². The van der Waals surface area contributed by atoms with E-state index in [0.29, 0.717) is 11.4 Å². The van der Waals surface area contributed by atoms with E-state index < -0.39 is 26.8 Å². The maximum Gasteiger partial charge on any atom is 0.259 e. The fourth-order valence-electron chi connectivity index (χ4n) is 2.12. The Morgan fingerprint density at radius 3 is 2.18 bits per heavy atom. The number of rotatable bonds is 7. The first-order valence-corrected chi connectivity index (χ1v) is 9.89. The van der Waals surface area contributed by atoms with Crippen molar-refractivity contribution in [3.8, 4) is 5.75 Å². The van der Waals surface area contributed by atoms with Crippen molar-refractivity contribution in [3.63, 3.8) is 0 Å². The molecule has 0 aliphatic rings. The van der Waals surface area contributed by atoms with Gasteiger partial charge in [0.1, 0.15) is 16.8 Å². The summed E-state index contributed by atoms with van der Waals surface area (Å²) in [5.74, 6) is -1.05. The molecule has 0 spiro atoms. The summed E-state index contributed by atoms with van der Waals surface area (Å²) in [6.45, 7) is 1.14. The SMILES string of the molecule is CC(C(=O)Nc1ccc(OCC(=O)N(C)C)cc1)S(=O)(=O)c1ccc(F)cc1. The first kappa shape index (κ1) is 21.4. The van der Waals surface area contributed by atoms with E-state index in [0.717, 1.165) is 24.3 Å². The van der Waals surface area contributed by atoms with Gasteiger partial charge in [0.25, 0.3) is 5.91 Å². The van der Waals surface area contributed by atoms with Crippen molar-refractivity contribution in [2.45, 2.75) is 17.1 Å². The Bertz CT molecular complexity index is 941. The van der Waals surface area contributed by atoms with E-state index in [1.54, 1.807) is 26.2 Å². The number of nitrogens with one attached hydrogen (secondary N) is 1. The highest BCUT2D eigenvalue weighted by Crippen LogP contribution is 2.20. The van der Waals surface area contributed by atoms with Gasteiger partial charge in [-0.15, -0.1) is 0 Å². The summed E-state index contributed by atoms with van der Waals surface area (Å²) in [4.78, 5) is 25.1. The first-order chi connectivity index (χ1) is 13.1. The molecule has 0 aliphatic carbocycles. The van der Waals surface area contributed by atoms with Gasteiger partial charge in [0.2, 0.25) is 5.91 Å². The van der Waals surface area contributed by atoms with Gasteiger partial charge >= 0.3 is 0 Å². The molecule has 150 valence electrons. The topological polar surface area (TPSA) is 92.8 Å². The number of ether oxygens (including phenoxy) is 1. The predicted octanol–water partition coefficient (Wildman–Crippen LogP) is 2.09. The molecule has 2 aromatic rings. The molecule has 0 saturated heterocycles. The fraction of sp³-hybridized carbons (Fsp3) is 0.263. The van der Waals surface area contributed by atoms with Crippen LogP contribution < -0.4 is 10.1 Å². The highest BCUT2D eigenvalue weighted by atomic mass is 32.2. The zero-order chi connectivity index (χ0) is 20.9. The summed E-state index contributed by atoms with van der Waals surface area (Å²) < 4.78 is 43.3. The van der Waals surface area contributed by atoms with Gasteiger partial charge in [0, 0.05) is 19.8 Å². The van der Waals surface area contributed by atoms with Crippen LogP contribution >= 0.6 is 0 Å². The largest absolute Gasteiger partial charge is 0.484 e. The molecule has 0 heterocycles. The Kier molecular flexibility index (Phi) is 6.74. The van der Waals surface area contributed by atoms with Crippen LogP contribution in [0.2, 0.25) is 0 Å². The van der Waals surface area contributed by atoms with Crippen LogP contribution in [0.1, 0.15) is 6.92 Å². The van der Waals surface area contributed by atoms with E-state index in [9.17, 15) is 22.4 Å². The minimum Gasteiger partial charge on any atom is -0.484 e. The average Bonchev–Trinajstić information content (AvgIpc) is 2.66. The third-order valence-corrected chi connectivity index (χ3v) is 6.03. The highest BCUT2D eigenvalue weighted by Gasteiger charge is 2.29. The van der Waals surface area contributed by atoms with Gasteiger partial charge in [0.15, 0.2) is 16.4 Å². The van der Waals surface area contributed by atoms with Crippen molar-refractivity contribution in [1.29, 1.82) is 0 Å². The number of hydrogen-bond acceptors (Lipinski definition) is 5. The number of amides is 2. The highest BCUT2D eigenvalue weighted by molar-refractivity contribution is 7.92. The molecule has 0 saturated carbocycles. The third kappa shape index (κ3) is 5.29. The van der Waals surface area contributed by atoms with Crippen LogP contribution in [0.15, 0.2) is 53.4 Å². The number of nitrogens with zero attached hydrogens (tertiary/aromatic N) is 1. The van der Waals surface area contributed by atoms with Gasteiger partial charge in [-0.1, -0.05) is 0 Å². The molecular weight excluding hydrogens is 387 g/mol. The number of sulfone groups is 1. The van der Waals surface area contributed by atoms with Crippen molar-refractivity contribution in [2.24, 2.45) is 0 Å². The Labute approximate surface area is 163 Å². The van der Waals surface area contributed by atoms with Gasteiger partial charge in [-0.2, -0.15) is 0 Å². The molecule has 1 N–H and O–H groups in total. The number of likely N-dealkylation sites (N-methyl/N-ethyl adjacent to an activating group) is 1. The second kappa shape index (κ2) is 8.83. The summed E-state index contributed by atoms with van der Waals surface area (Å²) in [7, 11) is -0.722. The van der Waals surface area contributed by atoms with E-state index in [2.05, 4.69) is 5.32 Å². The molecule has 2 amide bonds. The van der Waals surface area contributed by atoms with Crippen molar-refractivity contribution in [2.75, 3.05) is 26.0 Å². The Morgan fingerprint density at radius 1 is 1.07 bits per heavy atom. The molecule has 2 rings (SSSR count). The van der Waals surface area contributed by atoms with Gasteiger partial charge in [-0.05, 0) is 55.5 Å². The second-order valence-corrected chi connectivity index (χ2v) is 8.50. The smallest absolute Gasteiger partial charge is 0.259 e. The van der Waals surface area contributed by atoms with Crippen LogP contribution in [0.3, 0.4) is 0 Å². The van der Waals surface area contributed by atoms with E-state index in [1.165, 1.54) is 24.0 Å². The van der Waals surface area contributed by atoms with Crippen molar-refractivity contribution in [3.05, 3.63) is 54.3 Å². The quantitative estimate of drug-likeness (QED) is 0.709. The van der Waals surface area contributed by atoms with Crippen molar-refractivity contribution in [1.82, 2.24) is 4.90 Å². The molecular formula is C19H21FN2O5S. The van der Waals surface area contributed by atoms with E-state index in [4.69, 9.17) is 4.74 Å². The molecule has 28 heavy (non-hydrogen) atoms. The summed E-state index contributed by atoms with van der Waals surface area (Å²) in [5.41, 5.74) is 0.373. The third-order valence-electron chi connectivity index (χ3n) is 3.96. The van der Waals surface area contributed by atoms with Crippen molar-refractivity contribution >= 4 is 27.3 Å². The summed E-state index contributed by atoms with van der Waals surface area (Å²) in [6.07, 6.45) is 0. The van der Waals surface area contributed by atoms with Crippen LogP contribution in [0.5, 0.6) is 5.75 Å². The summed E-state index contributed by atoms with van der Waals surface area (Å²) in [5, 5.41) is 1.15. The maximum atomic E-state index is 13.0. The van der Waals surface area contributed by atoms with Crippen molar-refractivity contribution < 1.29 is 27.1 Å². The molecule has 0 radical (unpaired) electrons. The van der Waals surface area contributed by atoms with Gasteiger partial charge in [-0.25, -0.2) is 12.8 Å². The number of anilines is 1. The molecule has 2 aromatic carbocycles. The molecule has 0 bridgehead atoms. The minimum absolute atomic E-state index is 0.119. The first-order valence-electron chi connectivity index (χ1n) is 8.34. The lowest BCUT2D eigenvalue weighted by Crippen LogP contribution is -2.32. The minimum atomic E-state index is -3.96. The lowest BCUT2D eigenvalue weighted by molar-refractivity contribution is -0.130. The number of halogens is 1. The molecule has 0 fully saturated rings. The van der Waals surface area contributed by atoms with Crippen LogP contribution in [-0.2, 0) is 19.4 Å². The lowest BCUT2D eigenvalue weighted by Gasteiger charge is -2.14. The number of carbonyl (C=O) groups excluding carboxylic acids is 2. The standard InChI is InChI=1S/C19H21FN2O5S/c1-13(28(25,26)17-10-4-14(20)5-11-17)19(24)21-15-6-8-16(9-7-15)27-12-18(23)22(2)3/h4-11,13H,12H2,1-3H3,(H,21,24). The average molecular weight is 408 g/mol. The summed E-state index contributed by atoms with van der Waals surface area (Å²) in [6, 6.07) is 10.5. The normalized spacial score (nSPS) is 12.1. The monoisotopic (exact) mass is 408 g/mol. The molecule has 1 atom stereocenters. The van der Waals surface area contributed by atoms with E-state index in [1.807, 2.05) is 0 Å². The van der Waals surface area contributed by atoms with E-state index in [-0.39, 0.29) is 17.4 Å². The Balaban J connectivity index is 2.01. The van der Waals surface area contributed by atoms with Crippen LogP contribution in [0.25, 0.3) is 0 Å². The summed E-state index contributed by atoms with van der Waals surface area (Å²) >= 11 is 0. The van der Waals surface area contributed by atoms with Crippen LogP contribution in [0.4, 0.5) is 10.1 Å². The lowest BCUT2D eigenvalue weighted by atomic mass is 10.3. The van der Waals surface area contributed by atoms with Crippen LogP contribution in [0, 0.1) is 5.82 Å². The number of hydrogen-bond donors (Lipinski definition) is 1. The number of benzene rings is 2. The van der Waals surface area contributed by atoms with Gasteiger partial charge in [0.05, 0.1) is 4.90 Å². The molecule has 0 aliphatic heterocycles. The molecule has 1 unspecified atom stereocenters. The maximum absolute atomic E-state index is 13.0. The second-order valence-electron chi connectivity index (χ2n) is 6.23. The molecule has 9 heteroatoms. The zero-order valence-corrected chi connectivity index (χ0v) is 16.5. The molecule has 7 nitrogen and oxygen atoms in total. The van der Waals surface area contributed by atoms with E-state index >= 15 is 0 Å². The zero-order valence-electron chi connectivity index (χ0n) is 15.7. The fourth-order valence-corrected chi connectivity index (χ4v) is 3.39. The Morgan fingerprint density at radius 2 is 1.64 bits per heavy atom. The molecule has 0 aromatic heterocycles. The Hall–Kier alpha value is -2.94. The van der Waals surface area contributed by atoms with Gasteiger partial charge < -0.3 is 15.0 Å². The number of carbonyl (C=O) groups is 2. The predicted molar refractivity (Wildman–Crippen MR) is 102 cm³/mol.